The SMILES string of the molecule is Cc1cnc(NC(=O)/C=C/c2ccccc2Br)s1. The summed E-state index contributed by atoms with van der Waals surface area (Å²) in [5, 5.41) is 3.34. The van der Waals surface area contributed by atoms with E-state index in [-0.39, 0.29) is 5.91 Å². The highest BCUT2D eigenvalue weighted by molar-refractivity contribution is 9.10. The molecule has 0 fully saturated rings. The Kier molecular flexibility index (Phi) is 4.28. The molecule has 92 valence electrons. The van der Waals surface area contributed by atoms with E-state index in [9.17, 15) is 4.79 Å². The standard InChI is InChI=1S/C13H11BrN2OS/c1-9-8-15-13(18-9)16-12(17)7-6-10-4-2-3-5-11(10)14/h2-8H,1H3,(H,15,16,17)/b7-6+. The van der Waals surface area contributed by atoms with E-state index < -0.39 is 0 Å². The van der Waals surface area contributed by atoms with E-state index in [1.807, 2.05) is 31.2 Å². The molecule has 1 N–H and O–H groups in total. The van der Waals surface area contributed by atoms with Crippen LogP contribution in [0, 0.1) is 6.92 Å². The Bertz CT molecular complexity index is 592. The Morgan fingerprint density at radius 2 is 2.22 bits per heavy atom. The number of halogens is 1. The van der Waals surface area contributed by atoms with E-state index in [1.165, 1.54) is 17.4 Å². The molecule has 1 heterocycles. The quantitative estimate of drug-likeness (QED) is 0.872. The van der Waals surface area contributed by atoms with Crippen molar-refractivity contribution in [2.24, 2.45) is 0 Å². The van der Waals surface area contributed by atoms with Crippen LogP contribution in [-0.4, -0.2) is 10.9 Å². The average Bonchev–Trinajstić information content (AvgIpc) is 2.74. The number of carbonyl (C=O) groups is 1. The van der Waals surface area contributed by atoms with Crippen LogP contribution in [0.25, 0.3) is 6.08 Å². The second-order valence-corrected chi connectivity index (χ2v) is 5.71. The summed E-state index contributed by atoms with van der Waals surface area (Å²) in [6.45, 7) is 1.95. The zero-order chi connectivity index (χ0) is 13.0. The van der Waals surface area contributed by atoms with Gasteiger partial charge in [0.1, 0.15) is 0 Å². The molecule has 1 amide bonds. The number of anilines is 1. The van der Waals surface area contributed by atoms with Gasteiger partial charge in [-0.3, -0.25) is 10.1 Å². The van der Waals surface area contributed by atoms with Crippen molar-refractivity contribution in [2.75, 3.05) is 5.32 Å². The van der Waals surface area contributed by atoms with E-state index in [2.05, 4.69) is 26.2 Å². The van der Waals surface area contributed by atoms with E-state index in [1.54, 1.807) is 12.3 Å². The summed E-state index contributed by atoms with van der Waals surface area (Å²) < 4.78 is 0.958. The molecular weight excluding hydrogens is 312 g/mol. The summed E-state index contributed by atoms with van der Waals surface area (Å²) in [4.78, 5) is 16.8. The summed E-state index contributed by atoms with van der Waals surface area (Å²) in [6.07, 6.45) is 4.99. The molecule has 0 saturated heterocycles. The Morgan fingerprint density at radius 1 is 1.44 bits per heavy atom. The lowest BCUT2D eigenvalue weighted by molar-refractivity contribution is -0.111. The normalized spacial score (nSPS) is 10.8. The Hall–Kier alpha value is -1.46. The van der Waals surface area contributed by atoms with Crippen LogP contribution < -0.4 is 5.32 Å². The average molecular weight is 323 g/mol. The van der Waals surface area contributed by atoms with Crippen LogP contribution in [0.2, 0.25) is 0 Å². The second-order valence-electron chi connectivity index (χ2n) is 3.62. The molecule has 3 nitrogen and oxygen atoms in total. The molecule has 0 radical (unpaired) electrons. The van der Waals surface area contributed by atoms with Crippen molar-refractivity contribution >= 4 is 44.4 Å². The van der Waals surface area contributed by atoms with Gasteiger partial charge in [0.25, 0.3) is 0 Å². The molecule has 1 aromatic carbocycles. The Balaban J connectivity index is 2.01. The predicted molar refractivity (Wildman–Crippen MR) is 78.7 cm³/mol. The molecule has 2 aromatic rings. The molecule has 2 rings (SSSR count). The molecule has 18 heavy (non-hydrogen) atoms. The number of hydrogen-bond donors (Lipinski definition) is 1. The van der Waals surface area contributed by atoms with Crippen molar-refractivity contribution < 1.29 is 4.79 Å². The zero-order valence-electron chi connectivity index (χ0n) is 9.68. The molecule has 5 heteroatoms. The first kappa shape index (κ1) is 13.0. The topological polar surface area (TPSA) is 42.0 Å². The van der Waals surface area contributed by atoms with E-state index in [0.717, 1.165) is 14.9 Å². The Labute approximate surface area is 118 Å². The molecule has 0 saturated carbocycles. The fraction of sp³-hybridized carbons (Fsp3) is 0.0769. The number of aryl methyl sites for hydroxylation is 1. The molecule has 1 aromatic heterocycles. The van der Waals surface area contributed by atoms with Crippen LogP contribution in [0.1, 0.15) is 10.4 Å². The number of nitrogens with zero attached hydrogens (tertiary/aromatic N) is 1. The van der Waals surface area contributed by atoms with Gasteiger partial charge in [-0.2, -0.15) is 0 Å². The summed E-state index contributed by atoms with van der Waals surface area (Å²) in [7, 11) is 0. The number of thiazole rings is 1. The van der Waals surface area contributed by atoms with Crippen molar-refractivity contribution in [1.82, 2.24) is 4.98 Å². The van der Waals surface area contributed by atoms with Gasteiger partial charge in [0.15, 0.2) is 5.13 Å². The maximum absolute atomic E-state index is 11.7. The molecule has 0 aliphatic rings. The minimum atomic E-state index is -0.180. The molecule has 0 bridgehead atoms. The predicted octanol–water partition coefficient (Wildman–Crippen LogP) is 3.87. The lowest BCUT2D eigenvalue weighted by Crippen LogP contribution is -2.07. The lowest BCUT2D eigenvalue weighted by atomic mass is 10.2. The largest absolute Gasteiger partial charge is 0.298 e. The molecule has 0 atom stereocenters. The molecule has 0 aliphatic carbocycles. The van der Waals surface area contributed by atoms with Crippen molar-refractivity contribution in [3.05, 3.63) is 51.5 Å². The van der Waals surface area contributed by atoms with Crippen molar-refractivity contribution in [2.45, 2.75) is 6.92 Å². The van der Waals surface area contributed by atoms with Gasteiger partial charge in [0, 0.05) is 21.6 Å². The molecule has 0 unspecified atom stereocenters. The van der Waals surface area contributed by atoms with Crippen LogP contribution in [0.4, 0.5) is 5.13 Å². The van der Waals surface area contributed by atoms with Gasteiger partial charge < -0.3 is 0 Å². The first-order chi connectivity index (χ1) is 8.65. The summed E-state index contributed by atoms with van der Waals surface area (Å²) in [5.74, 6) is -0.180. The number of hydrogen-bond acceptors (Lipinski definition) is 3. The number of benzene rings is 1. The fourth-order valence-electron chi connectivity index (χ4n) is 1.34. The van der Waals surface area contributed by atoms with Gasteiger partial charge in [-0.25, -0.2) is 4.98 Å². The third-order valence-corrected chi connectivity index (χ3v) is 3.72. The highest BCUT2D eigenvalue weighted by Crippen LogP contribution is 2.18. The molecular formula is C13H11BrN2OS. The fourth-order valence-corrected chi connectivity index (χ4v) is 2.42. The van der Waals surface area contributed by atoms with E-state index >= 15 is 0 Å². The number of nitrogens with one attached hydrogen (secondary N) is 1. The van der Waals surface area contributed by atoms with Gasteiger partial charge >= 0.3 is 0 Å². The monoisotopic (exact) mass is 322 g/mol. The highest BCUT2D eigenvalue weighted by Gasteiger charge is 2.02. The highest BCUT2D eigenvalue weighted by atomic mass is 79.9. The van der Waals surface area contributed by atoms with Crippen LogP contribution in [-0.2, 0) is 4.79 Å². The number of carbonyl (C=O) groups excluding carboxylic acids is 1. The summed E-state index contributed by atoms with van der Waals surface area (Å²) in [6, 6.07) is 7.72. The third-order valence-electron chi connectivity index (χ3n) is 2.17. The lowest BCUT2D eigenvalue weighted by Gasteiger charge is -1.97. The van der Waals surface area contributed by atoms with Crippen molar-refractivity contribution in [3.8, 4) is 0 Å². The minimum absolute atomic E-state index is 0.180. The van der Waals surface area contributed by atoms with Gasteiger partial charge in [-0.1, -0.05) is 34.1 Å². The van der Waals surface area contributed by atoms with Crippen LogP contribution in [0.15, 0.2) is 41.0 Å². The van der Waals surface area contributed by atoms with Crippen molar-refractivity contribution in [1.29, 1.82) is 0 Å². The Morgan fingerprint density at radius 3 is 2.89 bits per heavy atom. The third kappa shape index (κ3) is 3.51. The van der Waals surface area contributed by atoms with E-state index in [4.69, 9.17) is 0 Å². The first-order valence-electron chi connectivity index (χ1n) is 5.31. The first-order valence-corrected chi connectivity index (χ1v) is 6.92. The summed E-state index contributed by atoms with van der Waals surface area (Å²) >= 11 is 4.88. The number of amides is 1. The second kappa shape index (κ2) is 5.93. The maximum Gasteiger partial charge on any atom is 0.250 e. The van der Waals surface area contributed by atoms with Gasteiger partial charge in [-0.05, 0) is 24.6 Å². The number of rotatable bonds is 3. The van der Waals surface area contributed by atoms with Gasteiger partial charge in [-0.15, -0.1) is 11.3 Å². The van der Waals surface area contributed by atoms with Crippen LogP contribution >= 0.6 is 27.3 Å². The summed E-state index contributed by atoms with van der Waals surface area (Å²) in [5.41, 5.74) is 0.961. The minimum Gasteiger partial charge on any atom is -0.298 e. The molecule has 0 spiro atoms. The van der Waals surface area contributed by atoms with Crippen molar-refractivity contribution in [3.63, 3.8) is 0 Å². The molecule has 0 aliphatic heterocycles. The van der Waals surface area contributed by atoms with Crippen LogP contribution in [0.5, 0.6) is 0 Å². The zero-order valence-corrected chi connectivity index (χ0v) is 12.1. The maximum atomic E-state index is 11.7. The van der Waals surface area contributed by atoms with Gasteiger partial charge in [0.2, 0.25) is 5.91 Å². The van der Waals surface area contributed by atoms with Crippen LogP contribution in [0.3, 0.4) is 0 Å². The van der Waals surface area contributed by atoms with E-state index in [0.29, 0.717) is 5.13 Å². The number of aromatic nitrogens is 1. The van der Waals surface area contributed by atoms with Gasteiger partial charge in [0.05, 0.1) is 0 Å². The smallest absolute Gasteiger partial charge is 0.250 e.